The van der Waals surface area contributed by atoms with Crippen molar-refractivity contribution >= 4 is 71.9 Å². The minimum atomic E-state index is -0.0743. The Bertz CT molecular complexity index is 571. The maximum atomic E-state index is 11.9. The normalized spacial score (nSPS) is 20.2. The van der Waals surface area contributed by atoms with Gasteiger partial charge in [-0.3, -0.25) is 19.2 Å². The summed E-state index contributed by atoms with van der Waals surface area (Å²) in [6.07, 6.45) is 4.20. The second-order valence-electron chi connectivity index (χ2n) is 8.06. The van der Waals surface area contributed by atoms with Crippen molar-refractivity contribution in [1.29, 1.82) is 0 Å². The number of Topliss-reactive ketones (excluding diaryl/α,β-unsaturated/α-hetero) is 4. The molecule has 1 aliphatic heterocycles. The van der Waals surface area contributed by atoms with Crippen molar-refractivity contribution in [1.82, 2.24) is 0 Å². The van der Waals surface area contributed by atoms with Crippen molar-refractivity contribution in [2.45, 2.75) is 73.1 Å². The van der Waals surface area contributed by atoms with Crippen LogP contribution in [0.2, 0.25) is 0 Å². The van der Waals surface area contributed by atoms with Gasteiger partial charge in [-0.05, 0) is 51.0 Å². The molecule has 34 heavy (non-hydrogen) atoms. The van der Waals surface area contributed by atoms with Crippen molar-refractivity contribution in [2.75, 3.05) is 28.1 Å². The summed E-state index contributed by atoms with van der Waals surface area (Å²) in [6.45, 7) is 12.3. The van der Waals surface area contributed by atoms with Gasteiger partial charge in [0.15, 0.2) is 0 Å². The van der Waals surface area contributed by atoms with Gasteiger partial charge in [-0.1, -0.05) is 13.8 Å². The van der Waals surface area contributed by atoms with Crippen LogP contribution in [0.15, 0.2) is 0 Å². The number of carbonyl (C=O) groups excluding carboxylic acids is 4. The largest absolute Gasteiger partial charge is 0.346 e. The first-order valence-electron chi connectivity index (χ1n) is 11.9. The zero-order valence-electron chi connectivity index (χ0n) is 21.7. The van der Waals surface area contributed by atoms with E-state index in [1.807, 2.05) is 30.4 Å². The van der Waals surface area contributed by atoms with E-state index in [4.69, 9.17) is 0 Å². The predicted octanol–water partition coefficient (Wildman–Crippen LogP) is 6.27. The van der Waals surface area contributed by atoms with Gasteiger partial charge in [-0.2, -0.15) is 55.7 Å². The fourth-order valence-electron chi connectivity index (χ4n) is 3.21. The maximum Gasteiger partial charge on any atom is 0.136 e. The third-order valence-electron chi connectivity index (χ3n) is 5.77. The van der Waals surface area contributed by atoms with E-state index in [-0.39, 0.29) is 73.7 Å². The number of hydrogen-bond acceptors (Lipinski definition) is 8. The van der Waals surface area contributed by atoms with Crippen molar-refractivity contribution in [3.63, 3.8) is 0 Å². The fraction of sp³-hybridized carbons (Fsp3) is 0.800. The van der Waals surface area contributed by atoms with Crippen LogP contribution in [-0.4, -0.2) is 51.2 Å². The first kappa shape index (κ1) is 39.7. The summed E-state index contributed by atoms with van der Waals surface area (Å²) >= 11 is 11.9. The molecule has 197 valence electrons. The Labute approximate surface area is 253 Å². The third-order valence-corrected chi connectivity index (χ3v) is 9.26. The number of rotatable bonds is 10. The molecule has 0 spiro atoms. The molecule has 0 aliphatic carbocycles. The molecule has 0 N–H and O–H groups in total. The van der Waals surface area contributed by atoms with Crippen molar-refractivity contribution in [3.05, 3.63) is 6.92 Å². The minimum Gasteiger partial charge on any atom is -0.346 e. The molecular weight excluding hydrogens is 581 g/mol. The maximum absolute atomic E-state index is 11.9. The Morgan fingerprint density at radius 2 is 1.59 bits per heavy atom. The van der Waals surface area contributed by atoms with E-state index in [0.29, 0.717) is 36.6 Å². The average molecular weight is 627 g/mol. The first-order valence-corrected chi connectivity index (χ1v) is 15.4. The summed E-state index contributed by atoms with van der Waals surface area (Å²) in [7, 11) is 0. The zero-order chi connectivity index (χ0) is 25.8. The Balaban J connectivity index is -0.000000514. The van der Waals surface area contributed by atoms with Crippen LogP contribution in [0.1, 0.15) is 73.1 Å². The smallest absolute Gasteiger partial charge is 0.136 e. The molecule has 0 aromatic rings. The van der Waals surface area contributed by atoms with E-state index in [2.05, 4.69) is 39.1 Å². The molecular formula is C25H45O4S4Y-. The Morgan fingerprint density at radius 3 is 2.03 bits per heavy atom. The van der Waals surface area contributed by atoms with Crippen molar-refractivity contribution in [3.8, 4) is 0 Å². The molecule has 0 unspecified atom stereocenters. The summed E-state index contributed by atoms with van der Waals surface area (Å²) in [5.74, 6) is 4.15. The number of hydrogen-bond donors (Lipinski definition) is 2. The molecule has 9 heteroatoms. The Hall–Kier alpha value is 1.18. The topological polar surface area (TPSA) is 68.3 Å². The molecule has 1 rings (SSSR count). The van der Waals surface area contributed by atoms with Gasteiger partial charge in [0.05, 0.1) is 0 Å². The molecule has 1 radical (unpaired) electrons. The van der Waals surface area contributed by atoms with Crippen LogP contribution in [0.5, 0.6) is 0 Å². The summed E-state index contributed by atoms with van der Waals surface area (Å²) in [5, 5.41) is 1.01. The summed E-state index contributed by atoms with van der Waals surface area (Å²) in [6, 6.07) is 0. The first-order chi connectivity index (χ1) is 15.7. The molecule has 0 bridgehead atoms. The molecule has 4 atom stereocenters. The molecule has 1 saturated heterocycles. The van der Waals surface area contributed by atoms with Crippen LogP contribution in [0, 0.1) is 30.6 Å². The van der Waals surface area contributed by atoms with Crippen LogP contribution in [-0.2, 0) is 51.9 Å². The van der Waals surface area contributed by atoms with E-state index in [1.54, 1.807) is 20.8 Å². The van der Waals surface area contributed by atoms with Crippen LogP contribution in [0.3, 0.4) is 0 Å². The van der Waals surface area contributed by atoms with E-state index < -0.39 is 0 Å². The van der Waals surface area contributed by atoms with E-state index in [0.717, 1.165) is 35.9 Å². The monoisotopic (exact) mass is 626 g/mol. The number of ketones is 4. The molecule has 4 nitrogen and oxygen atoms in total. The van der Waals surface area contributed by atoms with Crippen LogP contribution < -0.4 is 0 Å². The van der Waals surface area contributed by atoms with Crippen LogP contribution in [0.4, 0.5) is 0 Å². The van der Waals surface area contributed by atoms with Crippen molar-refractivity contribution in [2.24, 2.45) is 23.7 Å². The molecule has 0 aromatic heterocycles. The summed E-state index contributed by atoms with van der Waals surface area (Å²) in [4.78, 5) is 46.1. The van der Waals surface area contributed by atoms with Gasteiger partial charge in [-0.15, -0.1) is 0 Å². The molecule has 0 amide bonds. The molecule has 0 saturated carbocycles. The van der Waals surface area contributed by atoms with Crippen molar-refractivity contribution < 1.29 is 51.9 Å². The second kappa shape index (κ2) is 25.8. The molecule has 1 aliphatic rings. The quantitative estimate of drug-likeness (QED) is 0.220. The van der Waals surface area contributed by atoms with E-state index in [1.165, 1.54) is 0 Å². The average Bonchev–Trinajstić information content (AvgIpc) is 2.80. The molecule has 1 fully saturated rings. The molecule has 0 aromatic carbocycles. The second-order valence-corrected chi connectivity index (χ2v) is 11.2. The van der Waals surface area contributed by atoms with Crippen LogP contribution >= 0.6 is 48.8 Å². The molecule has 1 heterocycles. The summed E-state index contributed by atoms with van der Waals surface area (Å²) < 4.78 is 0. The number of carbonyl (C=O) groups is 4. The summed E-state index contributed by atoms with van der Waals surface area (Å²) in [5.41, 5.74) is 0. The Kier molecular flexibility index (Phi) is 30.1. The van der Waals surface area contributed by atoms with Gasteiger partial charge in [0.1, 0.15) is 23.1 Å². The zero-order valence-corrected chi connectivity index (χ0v) is 28.0. The standard InChI is InChI=1S/C12H20O2S2.C11H20O2S2.C2H5.Y/c1-3-10-6-15-8-16-7-11(9(2)13)4-5-12(10)14;1-3-9(6-14)11(13)5-4-10(7-15)8(2)12;1-2;/h10-11H,3-8H2,1-2H3;9-10,14-15H,3-7H2,1-2H3;1H2,2H3;/q;;-1;/t10-,11-;9-,10-;;/m00../s1. The van der Waals surface area contributed by atoms with Gasteiger partial charge >= 0.3 is 0 Å². The predicted molar refractivity (Wildman–Crippen MR) is 153 cm³/mol. The minimum absolute atomic E-state index is 0. The van der Waals surface area contributed by atoms with E-state index in [9.17, 15) is 19.2 Å². The van der Waals surface area contributed by atoms with Gasteiger partial charge in [0.25, 0.3) is 0 Å². The van der Waals surface area contributed by atoms with E-state index >= 15 is 0 Å². The van der Waals surface area contributed by atoms with Gasteiger partial charge in [0.2, 0.25) is 0 Å². The van der Waals surface area contributed by atoms with Gasteiger partial charge < -0.3 is 6.92 Å². The SMILES string of the molecule is CC[C@@H](CS)C(=O)CC[C@@H](CS)C(C)=O.CC[C@H]1CSCSC[C@@H](C(C)=O)CCC1=O.[CH2-]C.[Y]. The Morgan fingerprint density at radius 1 is 1.03 bits per heavy atom. The third kappa shape index (κ3) is 18.4. The van der Waals surface area contributed by atoms with Gasteiger partial charge in [-0.25, -0.2) is 0 Å². The van der Waals surface area contributed by atoms with Gasteiger partial charge in [0, 0.05) is 85.8 Å². The van der Waals surface area contributed by atoms with Crippen LogP contribution in [0.25, 0.3) is 0 Å². The number of thioether (sulfide) groups is 2. The fourth-order valence-corrected chi connectivity index (χ4v) is 6.74. The number of thiol groups is 2.